The number of carbonyl (C=O) groups excluding carboxylic acids is 1. The van der Waals surface area contributed by atoms with Crippen molar-refractivity contribution in [3.8, 4) is 17.7 Å². The smallest absolute Gasteiger partial charge is 0.338 e. The summed E-state index contributed by atoms with van der Waals surface area (Å²) < 4.78 is 16.2. The lowest BCUT2D eigenvalue weighted by molar-refractivity contribution is -0.136. The van der Waals surface area contributed by atoms with E-state index in [9.17, 15) is 10.1 Å². The average Bonchev–Trinajstić information content (AvgIpc) is 2.67. The molecule has 28 heavy (non-hydrogen) atoms. The van der Waals surface area contributed by atoms with Crippen molar-refractivity contribution in [2.45, 2.75) is 19.8 Å². The predicted octanol–water partition coefficient (Wildman–Crippen LogP) is 2.49. The van der Waals surface area contributed by atoms with Gasteiger partial charge in [-0.15, -0.1) is 0 Å². The summed E-state index contributed by atoms with van der Waals surface area (Å²) in [5.74, 6) is -0.0328. The van der Waals surface area contributed by atoms with Gasteiger partial charge in [0, 0.05) is 0 Å². The molecule has 1 atom stereocenters. The molecule has 0 saturated heterocycles. The molecule has 8 nitrogen and oxygen atoms in total. The number of anilines is 2. The van der Waals surface area contributed by atoms with Gasteiger partial charge in [-0.2, -0.15) is 10.2 Å². The van der Waals surface area contributed by atoms with Crippen molar-refractivity contribution in [3.05, 3.63) is 52.3 Å². The molecule has 1 aromatic carbocycles. The van der Waals surface area contributed by atoms with E-state index in [1.807, 2.05) is 25.1 Å². The number of benzene rings is 1. The van der Waals surface area contributed by atoms with Gasteiger partial charge in [-0.1, -0.05) is 12.1 Å². The van der Waals surface area contributed by atoms with Crippen molar-refractivity contribution < 1.29 is 19.0 Å². The summed E-state index contributed by atoms with van der Waals surface area (Å²) in [6, 6.07) is 9.20. The number of nitrogens with two attached hydrogens (primary N) is 2. The first-order valence-electron chi connectivity index (χ1n) is 8.61. The molecule has 8 heteroatoms. The molecule has 4 N–H and O–H groups in total. The predicted molar refractivity (Wildman–Crippen MR) is 103 cm³/mol. The number of aromatic nitrogens is 1. The number of ether oxygens (including phenoxy) is 3. The Kier molecular flexibility index (Phi) is 5.09. The Balaban J connectivity index is 2.27. The van der Waals surface area contributed by atoms with Crippen LogP contribution in [0.25, 0.3) is 0 Å². The Morgan fingerprint density at radius 3 is 2.57 bits per heavy atom. The summed E-state index contributed by atoms with van der Waals surface area (Å²) in [7, 11) is 1.29. The maximum atomic E-state index is 12.5. The molecule has 1 aromatic heterocycles. The molecule has 2 heterocycles. The molecular formula is C20H20N4O4. The van der Waals surface area contributed by atoms with Crippen LogP contribution in [0, 0.1) is 11.3 Å². The molecule has 144 valence electrons. The number of hydrogen-bond donors (Lipinski definition) is 2. The molecule has 0 saturated carbocycles. The number of fused-ring (bicyclic) bond motifs is 1. The van der Waals surface area contributed by atoms with Crippen LogP contribution in [0.4, 0.5) is 11.5 Å². The SMILES string of the molecule is CCOc1ccc(C2C(C(=O)OC)=C(C)Oc3nc(N)c(C#N)c(N)c32)cc1. The monoisotopic (exact) mass is 380 g/mol. The van der Waals surface area contributed by atoms with E-state index in [0.717, 1.165) is 5.56 Å². The Bertz CT molecular complexity index is 1010. The van der Waals surface area contributed by atoms with Crippen LogP contribution < -0.4 is 20.9 Å². The number of nitriles is 1. The molecule has 0 spiro atoms. The molecule has 1 aliphatic heterocycles. The zero-order chi connectivity index (χ0) is 20.4. The van der Waals surface area contributed by atoms with E-state index in [4.69, 9.17) is 25.7 Å². The Morgan fingerprint density at radius 1 is 1.32 bits per heavy atom. The van der Waals surface area contributed by atoms with Crippen molar-refractivity contribution in [2.24, 2.45) is 0 Å². The quantitative estimate of drug-likeness (QED) is 0.773. The molecule has 0 bridgehead atoms. The van der Waals surface area contributed by atoms with E-state index in [2.05, 4.69) is 4.98 Å². The minimum absolute atomic E-state index is 0.0292. The normalized spacial score (nSPS) is 15.3. The van der Waals surface area contributed by atoms with Gasteiger partial charge in [0.25, 0.3) is 0 Å². The minimum atomic E-state index is -0.632. The van der Waals surface area contributed by atoms with Crippen LogP contribution in [0.3, 0.4) is 0 Å². The van der Waals surface area contributed by atoms with Crippen LogP contribution in [0.15, 0.2) is 35.6 Å². The van der Waals surface area contributed by atoms with Gasteiger partial charge in [-0.3, -0.25) is 0 Å². The molecule has 1 unspecified atom stereocenters. The number of pyridine rings is 1. The van der Waals surface area contributed by atoms with E-state index in [0.29, 0.717) is 23.7 Å². The van der Waals surface area contributed by atoms with E-state index < -0.39 is 11.9 Å². The topological polar surface area (TPSA) is 133 Å². The zero-order valence-corrected chi connectivity index (χ0v) is 15.8. The average molecular weight is 380 g/mol. The van der Waals surface area contributed by atoms with Gasteiger partial charge in [0.2, 0.25) is 5.88 Å². The first-order chi connectivity index (χ1) is 13.4. The Morgan fingerprint density at radius 2 is 2.00 bits per heavy atom. The number of methoxy groups -OCH3 is 1. The van der Waals surface area contributed by atoms with Crippen molar-refractivity contribution >= 4 is 17.5 Å². The van der Waals surface area contributed by atoms with Gasteiger partial charge in [0.15, 0.2) is 0 Å². The molecular weight excluding hydrogens is 360 g/mol. The van der Waals surface area contributed by atoms with Crippen LogP contribution in [-0.4, -0.2) is 24.7 Å². The third kappa shape index (κ3) is 3.07. The highest BCUT2D eigenvalue weighted by Crippen LogP contribution is 2.47. The highest BCUT2D eigenvalue weighted by molar-refractivity contribution is 5.93. The third-order valence-corrected chi connectivity index (χ3v) is 4.52. The highest BCUT2D eigenvalue weighted by atomic mass is 16.5. The van der Waals surface area contributed by atoms with Gasteiger partial charge < -0.3 is 25.7 Å². The van der Waals surface area contributed by atoms with Gasteiger partial charge in [0.05, 0.1) is 36.5 Å². The standard InChI is InChI=1S/C20H20N4O4/c1-4-27-12-7-5-11(6-8-12)15-14(20(25)26-3)10(2)28-19-16(15)17(22)13(9-21)18(23)24-19/h5-8,15H,4H2,1-3H3,(H4,22,23,24). The minimum Gasteiger partial charge on any atom is -0.494 e. The maximum Gasteiger partial charge on any atom is 0.338 e. The number of nitrogen functional groups attached to an aromatic ring is 2. The highest BCUT2D eigenvalue weighted by Gasteiger charge is 2.38. The van der Waals surface area contributed by atoms with Crippen molar-refractivity contribution in [1.29, 1.82) is 5.26 Å². The fraction of sp³-hybridized carbons (Fsp3) is 0.250. The lowest BCUT2D eigenvalue weighted by Crippen LogP contribution is -2.25. The number of carbonyl (C=O) groups is 1. The van der Waals surface area contributed by atoms with E-state index in [1.54, 1.807) is 19.1 Å². The molecule has 0 fully saturated rings. The summed E-state index contributed by atoms with van der Waals surface area (Å²) >= 11 is 0. The van der Waals surface area contributed by atoms with E-state index in [1.165, 1.54) is 7.11 Å². The number of esters is 1. The van der Waals surface area contributed by atoms with Crippen molar-refractivity contribution in [3.63, 3.8) is 0 Å². The summed E-state index contributed by atoms with van der Waals surface area (Å²) in [4.78, 5) is 16.7. The van der Waals surface area contributed by atoms with Crippen LogP contribution in [-0.2, 0) is 9.53 Å². The third-order valence-electron chi connectivity index (χ3n) is 4.52. The molecule has 0 radical (unpaired) electrons. The summed E-state index contributed by atoms with van der Waals surface area (Å²) in [6.07, 6.45) is 0. The first kappa shape index (κ1) is 19.0. The van der Waals surface area contributed by atoms with Gasteiger partial charge >= 0.3 is 5.97 Å². The summed E-state index contributed by atoms with van der Waals surface area (Å²) in [5.41, 5.74) is 13.7. The number of hydrogen-bond acceptors (Lipinski definition) is 8. The van der Waals surface area contributed by atoms with Gasteiger partial charge in [0.1, 0.15) is 29.0 Å². The second-order valence-corrected chi connectivity index (χ2v) is 6.11. The molecule has 3 rings (SSSR count). The Hall–Kier alpha value is -3.73. The summed E-state index contributed by atoms with van der Waals surface area (Å²) in [5, 5.41) is 9.42. The van der Waals surface area contributed by atoms with Crippen LogP contribution in [0.5, 0.6) is 11.6 Å². The van der Waals surface area contributed by atoms with E-state index >= 15 is 0 Å². The second kappa shape index (κ2) is 7.48. The van der Waals surface area contributed by atoms with Crippen LogP contribution >= 0.6 is 0 Å². The lowest BCUT2D eigenvalue weighted by atomic mass is 9.81. The molecule has 1 aliphatic rings. The number of nitrogens with zero attached hydrogens (tertiary/aromatic N) is 2. The largest absolute Gasteiger partial charge is 0.494 e. The zero-order valence-electron chi connectivity index (χ0n) is 15.8. The number of rotatable bonds is 4. The maximum absolute atomic E-state index is 12.5. The summed E-state index contributed by atoms with van der Waals surface area (Å²) in [6.45, 7) is 4.07. The van der Waals surface area contributed by atoms with Crippen molar-refractivity contribution in [2.75, 3.05) is 25.2 Å². The van der Waals surface area contributed by atoms with Crippen molar-refractivity contribution in [1.82, 2.24) is 4.98 Å². The molecule has 0 aliphatic carbocycles. The Labute approximate surface area is 162 Å². The molecule has 0 amide bonds. The van der Waals surface area contributed by atoms with Gasteiger partial charge in [-0.25, -0.2) is 4.79 Å². The number of allylic oxidation sites excluding steroid dienone is 1. The lowest BCUT2D eigenvalue weighted by Gasteiger charge is -2.29. The first-order valence-corrected chi connectivity index (χ1v) is 8.61. The van der Waals surface area contributed by atoms with Crippen LogP contribution in [0.1, 0.15) is 36.5 Å². The van der Waals surface area contributed by atoms with Gasteiger partial charge in [-0.05, 0) is 31.5 Å². The van der Waals surface area contributed by atoms with Crippen LogP contribution in [0.2, 0.25) is 0 Å². The fourth-order valence-corrected chi connectivity index (χ4v) is 3.26. The fourth-order valence-electron chi connectivity index (χ4n) is 3.26. The molecule has 2 aromatic rings. The second-order valence-electron chi connectivity index (χ2n) is 6.11. The van der Waals surface area contributed by atoms with E-state index in [-0.39, 0.29) is 28.5 Å².